The van der Waals surface area contributed by atoms with E-state index in [0.29, 0.717) is 13.0 Å². The van der Waals surface area contributed by atoms with Crippen LogP contribution < -0.4 is 11.1 Å². The van der Waals surface area contributed by atoms with Crippen molar-refractivity contribution in [1.82, 2.24) is 5.32 Å². The second-order valence-corrected chi connectivity index (χ2v) is 3.48. The highest BCUT2D eigenvalue weighted by Crippen LogP contribution is 2.16. The van der Waals surface area contributed by atoms with Crippen LogP contribution in [-0.4, -0.2) is 47.2 Å². The lowest BCUT2D eigenvalue weighted by molar-refractivity contribution is -0.219. The summed E-state index contributed by atoms with van der Waals surface area (Å²) in [5.74, 6) is -0.164. The molecule has 1 fully saturated rings. The number of carbonyl (C=O) groups is 1. The van der Waals surface area contributed by atoms with Gasteiger partial charge in [-0.15, -0.1) is 0 Å². The monoisotopic (exact) mass is 204 g/mol. The van der Waals surface area contributed by atoms with Crippen LogP contribution in [0.2, 0.25) is 0 Å². The minimum Gasteiger partial charge on any atom is -0.386 e. The molecule has 14 heavy (non-hydrogen) atoms. The summed E-state index contributed by atoms with van der Waals surface area (Å²) in [4.78, 5) is 10.6. The molecule has 82 valence electrons. The Hall–Kier alpha value is -0.690. The van der Waals surface area contributed by atoms with Crippen molar-refractivity contribution in [3.63, 3.8) is 0 Å². The first-order valence-corrected chi connectivity index (χ1v) is 4.52. The molecule has 0 aromatic heterocycles. The van der Waals surface area contributed by atoms with Gasteiger partial charge in [-0.2, -0.15) is 0 Å². The number of hydrogen-bond acceptors (Lipinski definition) is 5. The summed E-state index contributed by atoms with van der Waals surface area (Å²) in [5.41, 5.74) is 5.56. The molecule has 1 aliphatic heterocycles. The number of carbonyl (C=O) groups excluding carboxylic acids is 1. The molecule has 1 rings (SSSR count). The Morgan fingerprint density at radius 3 is 2.79 bits per heavy atom. The molecule has 1 saturated heterocycles. The number of ether oxygens (including phenoxy) is 1. The zero-order valence-electron chi connectivity index (χ0n) is 8.01. The summed E-state index contributed by atoms with van der Waals surface area (Å²) in [6.07, 6.45) is -2.24. The van der Waals surface area contributed by atoms with Crippen molar-refractivity contribution in [3.8, 4) is 0 Å². The molecular formula is C8H16N2O4. The SMILES string of the molecule is CC(=O)NC[C@@H]1CC(N)C(O)[C@H](O)O1. The third-order valence-corrected chi connectivity index (χ3v) is 2.18. The first kappa shape index (κ1) is 11.4. The van der Waals surface area contributed by atoms with Crippen molar-refractivity contribution < 1.29 is 19.7 Å². The van der Waals surface area contributed by atoms with Crippen LogP contribution in [0.3, 0.4) is 0 Å². The normalized spacial score (nSPS) is 38.0. The Balaban J connectivity index is 2.38. The van der Waals surface area contributed by atoms with Gasteiger partial charge in [0.15, 0.2) is 6.29 Å². The number of amides is 1. The lowest BCUT2D eigenvalue weighted by Gasteiger charge is -2.34. The first-order chi connectivity index (χ1) is 6.50. The van der Waals surface area contributed by atoms with Crippen molar-refractivity contribution in [2.24, 2.45) is 5.73 Å². The number of aliphatic hydroxyl groups is 2. The molecule has 0 aliphatic carbocycles. The minimum atomic E-state index is -1.27. The van der Waals surface area contributed by atoms with Crippen LogP contribution in [0.1, 0.15) is 13.3 Å². The van der Waals surface area contributed by atoms with Gasteiger partial charge >= 0.3 is 0 Å². The fourth-order valence-electron chi connectivity index (χ4n) is 1.38. The number of nitrogens with two attached hydrogens (primary N) is 1. The minimum absolute atomic E-state index is 0.164. The van der Waals surface area contributed by atoms with Crippen LogP contribution in [0.4, 0.5) is 0 Å². The highest BCUT2D eigenvalue weighted by Gasteiger charge is 2.34. The maximum Gasteiger partial charge on any atom is 0.216 e. The molecule has 0 bridgehead atoms. The van der Waals surface area contributed by atoms with Crippen molar-refractivity contribution in [1.29, 1.82) is 0 Å². The molecular weight excluding hydrogens is 188 g/mol. The zero-order chi connectivity index (χ0) is 10.7. The molecule has 0 spiro atoms. The Kier molecular flexibility index (Phi) is 3.82. The first-order valence-electron chi connectivity index (χ1n) is 4.52. The van der Waals surface area contributed by atoms with E-state index < -0.39 is 18.4 Å². The van der Waals surface area contributed by atoms with Gasteiger partial charge in [0.2, 0.25) is 5.91 Å². The zero-order valence-corrected chi connectivity index (χ0v) is 8.01. The van der Waals surface area contributed by atoms with Gasteiger partial charge in [0, 0.05) is 19.5 Å². The van der Waals surface area contributed by atoms with E-state index in [1.54, 1.807) is 0 Å². The predicted molar refractivity (Wildman–Crippen MR) is 48.2 cm³/mol. The summed E-state index contributed by atoms with van der Waals surface area (Å²) in [5, 5.41) is 21.0. The fourth-order valence-corrected chi connectivity index (χ4v) is 1.38. The Bertz CT molecular complexity index is 200. The number of hydrogen-bond donors (Lipinski definition) is 4. The second kappa shape index (κ2) is 4.70. The molecule has 1 heterocycles. The Morgan fingerprint density at radius 2 is 2.29 bits per heavy atom. The van der Waals surface area contributed by atoms with Gasteiger partial charge in [-0.25, -0.2) is 0 Å². The summed E-state index contributed by atoms with van der Waals surface area (Å²) in [7, 11) is 0. The van der Waals surface area contributed by atoms with Gasteiger partial charge < -0.3 is 26.0 Å². The number of rotatable bonds is 2. The summed E-state index contributed by atoms with van der Waals surface area (Å²) >= 11 is 0. The van der Waals surface area contributed by atoms with Gasteiger partial charge in [0.25, 0.3) is 0 Å². The molecule has 0 saturated carbocycles. The van der Waals surface area contributed by atoms with Gasteiger partial charge in [0.1, 0.15) is 6.10 Å². The second-order valence-electron chi connectivity index (χ2n) is 3.48. The third kappa shape index (κ3) is 2.91. The van der Waals surface area contributed by atoms with Crippen LogP contribution in [0.5, 0.6) is 0 Å². The largest absolute Gasteiger partial charge is 0.386 e. The van der Waals surface area contributed by atoms with E-state index in [1.807, 2.05) is 0 Å². The Labute approximate surface area is 82.0 Å². The molecule has 4 atom stereocenters. The average Bonchev–Trinajstić information content (AvgIpc) is 2.10. The molecule has 2 unspecified atom stereocenters. The van der Waals surface area contributed by atoms with Crippen LogP contribution >= 0.6 is 0 Å². The molecule has 1 amide bonds. The molecule has 6 nitrogen and oxygen atoms in total. The fraction of sp³-hybridized carbons (Fsp3) is 0.875. The standard InChI is InChI=1S/C8H16N2O4/c1-4(11)10-3-5-2-6(9)7(12)8(13)14-5/h5-8,12-13H,2-3,9H2,1H3,(H,10,11)/t5-,6?,7?,8+/m0/s1. The maximum atomic E-state index is 10.6. The highest BCUT2D eigenvalue weighted by atomic mass is 16.6. The van der Waals surface area contributed by atoms with E-state index in [2.05, 4.69) is 5.32 Å². The molecule has 5 N–H and O–H groups in total. The molecule has 0 radical (unpaired) electrons. The average molecular weight is 204 g/mol. The summed E-state index contributed by atoms with van der Waals surface area (Å²) in [6.45, 7) is 1.70. The van der Waals surface area contributed by atoms with Gasteiger partial charge in [-0.1, -0.05) is 0 Å². The van der Waals surface area contributed by atoms with E-state index in [4.69, 9.17) is 10.5 Å². The summed E-state index contributed by atoms with van der Waals surface area (Å²) in [6, 6.07) is -0.516. The van der Waals surface area contributed by atoms with E-state index in [-0.39, 0.29) is 12.0 Å². The van der Waals surface area contributed by atoms with Crippen molar-refractivity contribution in [2.75, 3.05) is 6.54 Å². The lowest BCUT2D eigenvalue weighted by Crippen LogP contribution is -2.54. The van der Waals surface area contributed by atoms with E-state index in [9.17, 15) is 15.0 Å². The lowest BCUT2D eigenvalue weighted by atomic mass is 10.0. The predicted octanol–water partition coefficient (Wildman–Crippen LogP) is -2.08. The smallest absolute Gasteiger partial charge is 0.216 e. The van der Waals surface area contributed by atoms with Crippen LogP contribution in [0.15, 0.2) is 0 Å². The van der Waals surface area contributed by atoms with Crippen LogP contribution in [0.25, 0.3) is 0 Å². The van der Waals surface area contributed by atoms with Crippen LogP contribution in [0, 0.1) is 0 Å². The number of nitrogens with one attached hydrogen (secondary N) is 1. The maximum absolute atomic E-state index is 10.6. The van der Waals surface area contributed by atoms with Crippen LogP contribution in [-0.2, 0) is 9.53 Å². The van der Waals surface area contributed by atoms with Gasteiger partial charge in [-0.3, -0.25) is 4.79 Å². The third-order valence-electron chi connectivity index (χ3n) is 2.18. The van der Waals surface area contributed by atoms with Gasteiger partial charge in [-0.05, 0) is 6.42 Å². The summed E-state index contributed by atoms with van der Waals surface area (Å²) < 4.78 is 5.03. The van der Waals surface area contributed by atoms with E-state index >= 15 is 0 Å². The van der Waals surface area contributed by atoms with E-state index in [1.165, 1.54) is 6.92 Å². The molecule has 0 aromatic carbocycles. The van der Waals surface area contributed by atoms with E-state index in [0.717, 1.165) is 0 Å². The van der Waals surface area contributed by atoms with Crippen molar-refractivity contribution in [2.45, 2.75) is 37.9 Å². The molecule has 0 aromatic rings. The Morgan fingerprint density at radius 1 is 1.64 bits per heavy atom. The van der Waals surface area contributed by atoms with Gasteiger partial charge in [0.05, 0.1) is 6.10 Å². The quantitative estimate of drug-likeness (QED) is 0.413. The molecule has 1 aliphatic rings. The van der Waals surface area contributed by atoms with Crippen molar-refractivity contribution >= 4 is 5.91 Å². The van der Waals surface area contributed by atoms with Crippen molar-refractivity contribution in [3.05, 3.63) is 0 Å². The molecule has 6 heteroatoms. The number of aliphatic hydroxyl groups excluding tert-OH is 2. The highest BCUT2D eigenvalue weighted by molar-refractivity contribution is 5.72. The topological polar surface area (TPSA) is 105 Å².